The molecule has 32 heavy (non-hydrogen) atoms. The summed E-state index contributed by atoms with van der Waals surface area (Å²) in [6.45, 7) is 0. The summed E-state index contributed by atoms with van der Waals surface area (Å²) >= 11 is 7.77. The summed E-state index contributed by atoms with van der Waals surface area (Å²) in [5, 5.41) is 6.23. The van der Waals surface area contributed by atoms with E-state index < -0.39 is 5.82 Å². The number of anilines is 1. The number of rotatable bonds is 7. The lowest BCUT2D eigenvalue weighted by molar-refractivity contribution is -0.116. The number of nitrogens with zero attached hydrogens (tertiary/aromatic N) is 1. The van der Waals surface area contributed by atoms with Crippen LogP contribution in [-0.2, 0) is 4.79 Å². The molecule has 0 aliphatic heterocycles. The van der Waals surface area contributed by atoms with Gasteiger partial charge in [-0.3, -0.25) is 9.59 Å². The van der Waals surface area contributed by atoms with Gasteiger partial charge in [0.1, 0.15) is 10.8 Å². The molecular weight excluding hydrogens is 447 g/mol. The molecule has 1 N–H and O–H groups in total. The van der Waals surface area contributed by atoms with Crippen LogP contribution in [0.2, 0.25) is 5.02 Å². The summed E-state index contributed by atoms with van der Waals surface area (Å²) in [6, 6.07) is 20.2. The molecule has 0 aliphatic carbocycles. The Morgan fingerprint density at radius 1 is 0.969 bits per heavy atom. The van der Waals surface area contributed by atoms with Crippen molar-refractivity contribution in [1.82, 2.24) is 4.98 Å². The number of halogens is 2. The van der Waals surface area contributed by atoms with Crippen molar-refractivity contribution >= 4 is 40.3 Å². The summed E-state index contributed by atoms with van der Waals surface area (Å²) in [5.74, 6) is -0.880. The van der Waals surface area contributed by atoms with Gasteiger partial charge in [0.25, 0.3) is 0 Å². The van der Waals surface area contributed by atoms with Gasteiger partial charge in [-0.1, -0.05) is 41.9 Å². The Kier molecular flexibility index (Phi) is 6.73. The summed E-state index contributed by atoms with van der Waals surface area (Å²) in [6.07, 6.45) is 0.0816. The average Bonchev–Trinajstić information content (AvgIpc) is 3.28. The second-order valence-electron chi connectivity index (χ2n) is 7.08. The van der Waals surface area contributed by atoms with Crippen molar-refractivity contribution in [1.29, 1.82) is 0 Å². The van der Waals surface area contributed by atoms with E-state index in [9.17, 15) is 14.0 Å². The number of amides is 1. The first-order chi connectivity index (χ1) is 15.5. The van der Waals surface area contributed by atoms with Gasteiger partial charge in [0.05, 0.1) is 10.7 Å². The van der Waals surface area contributed by atoms with Gasteiger partial charge < -0.3 is 5.32 Å². The van der Waals surface area contributed by atoms with Crippen molar-refractivity contribution < 1.29 is 14.0 Å². The minimum atomic E-state index is -0.404. The Labute approximate surface area is 193 Å². The number of benzene rings is 3. The van der Waals surface area contributed by atoms with E-state index in [1.165, 1.54) is 35.6 Å². The van der Waals surface area contributed by atoms with Crippen LogP contribution in [0.3, 0.4) is 0 Å². The number of carbonyl (C=O) groups excluding carboxylic acids is 2. The van der Waals surface area contributed by atoms with Gasteiger partial charge in [0.15, 0.2) is 5.78 Å². The van der Waals surface area contributed by atoms with E-state index >= 15 is 0 Å². The van der Waals surface area contributed by atoms with E-state index in [-0.39, 0.29) is 24.5 Å². The molecule has 0 saturated heterocycles. The smallest absolute Gasteiger partial charge is 0.224 e. The van der Waals surface area contributed by atoms with Gasteiger partial charge in [0.2, 0.25) is 5.91 Å². The number of carbonyl (C=O) groups is 2. The predicted molar refractivity (Wildman–Crippen MR) is 127 cm³/mol. The van der Waals surface area contributed by atoms with E-state index in [0.717, 1.165) is 21.8 Å². The fraction of sp³-hybridized carbons (Fsp3) is 0.0800. The van der Waals surface area contributed by atoms with Crippen LogP contribution in [0, 0.1) is 5.82 Å². The van der Waals surface area contributed by atoms with Crippen molar-refractivity contribution in [3.63, 3.8) is 0 Å². The molecule has 7 heteroatoms. The highest BCUT2D eigenvalue weighted by atomic mass is 35.5. The third-order valence-electron chi connectivity index (χ3n) is 4.80. The minimum absolute atomic E-state index is 0.0355. The van der Waals surface area contributed by atoms with Gasteiger partial charge >= 0.3 is 0 Å². The number of thiazole rings is 1. The molecule has 0 aliphatic rings. The third-order valence-corrected chi connectivity index (χ3v) is 6.00. The van der Waals surface area contributed by atoms with E-state index in [1.54, 1.807) is 6.07 Å². The Bertz CT molecular complexity index is 1270. The van der Waals surface area contributed by atoms with Crippen LogP contribution in [0.5, 0.6) is 0 Å². The predicted octanol–water partition coefficient (Wildman–Crippen LogP) is 6.87. The molecule has 0 saturated carbocycles. The number of nitrogens with one attached hydrogen (secondary N) is 1. The number of hydrogen-bond acceptors (Lipinski definition) is 4. The van der Waals surface area contributed by atoms with Crippen molar-refractivity contribution in [2.75, 3.05) is 5.32 Å². The van der Waals surface area contributed by atoms with Crippen LogP contribution in [0.15, 0.2) is 78.2 Å². The second kappa shape index (κ2) is 9.85. The molecule has 0 radical (unpaired) electrons. The van der Waals surface area contributed by atoms with Crippen LogP contribution in [-0.4, -0.2) is 16.7 Å². The van der Waals surface area contributed by atoms with E-state index in [0.29, 0.717) is 16.3 Å². The van der Waals surface area contributed by atoms with Crippen molar-refractivity contribution in [3.8, 4) is 21.8 Å². The first kappa shape index (κ1) is 21.9. The quantitative estimate of drug-likeness (QED) is 0.303. The monoisotopic (exact) mass is 464 g/mol. The fourth-order valence-electron chi connectivity index (χ4n) is 3.15. The minimum Gasteiger partial charge on any atom is -0.326 e. The zero-order chi connectivity index (χ0) is 22.5. The molecule has 3 aromatic carbocycles. The van der Waals surface area contributed by atoms with Gasteiger partial charge in [-0.05, 0) is 42.5 Å². The standard InChI is InChI=1S/C25H18ClFN2O2S/c26-21-7-2-1-6-20(21)25-29-22(15-32-25)17-4-3-5-19(14-17)28-24(31)13-12-23(30)16-8-10-18(27)11-9-16/h1-11,14-15H,12-13H2,(H,28,31). The lowest BCUT2D eigenvalue weighted by atomic mass is 10.1. The summed E-state index contributed by atoms with van der Waals surface area (Å²) in [7, 11) is 0. The van der Waals surface area contributed by atoms with E-state index in [1.807, 2.05) is 47.8 Å². The van der Waals surface area contributed by atoms with E-state index in [4.69, 9.17) is 11.6 Å². The lowest BCUT2D eigenvalue weighted by Gasteiger charge is -2.07. The average molecular weight is 465 g/mol. The highest BCUT2D eigenvalue weighted by Gasteiger charge is 2.12. The maximum Gasteiger partial charge on any atom is 0.224 e. The molecule has 0 unspecified atom stereocenters. The fourth-order valence-corrected chi connectivity index (χ4v) is 4.30. The van der Waals surface area contributed by atoms with Crippen LogP contribution < -0.4 is 5.32 Å². The maximum absolute atomic E-state index is 13.0. The normalized spacial score (nSPS) is 10.7. The zero-order valence-corrected chi connectivity index (χ0v) is 18.4. The van der Waals surface area contributed by atoms with Gasteiger partial charge in [-0.2, -0.15) is 0 Å². The summed E-state index contributed by atoms with van der Waals surface area (Å²) in [4.78, 5) is 29.2. The molecule has 0 atom stereocenters. The highest BCUT2D eigenvalue weighted by Crippen LogP contribution is 2.33. The van der Waals surface area contributed by atoms with Crippen molar-refractivity contribution in [2.24, 2.45) is 0 Å². The second-order valence-corrected chi connectivity index (χ2v) is 8.34. The van der Waals surface area contributed by atoms with Crippen LogP contribution in [0.4, 0.5) is 10.1 Å². The third kappa shape index (κ3) is 5.28. The molecule has 0 spiro atoms. The van der Waals surface area contributed by atoms with Gasteiger partial charge in [-0.15, -0.1) is 11.3 Å². The number of ketones is 1. The first-order valence-electron chi connectivity index (χ1n) is 9.89. The first-order valence-corrected chi connectivity index (χ1v) is 11.1. The Morgan fingerprint density at radius 3 is 2.53 bits per heavy atom. The molecule has 4 aromatic rings. The van der Waals surface area contributed by atoms with Gasteiger partial charge in [-0.25, -0.2) is 9.37 Å². The largest absolute Gasteiger partial charge is 0.326 e. The number of Topliss-reactive ketones (excluding diaryl/α,β-unsaturated/α-hetero) is 1. The molecule has 1 heterocycles. The topological polar surface area (TPSA) is 59.1 Å². The van der Waals surface area contributed by atoms with Crippen LogP contribution >= 0.6 is 22.9 Å². The Hall–Kier alpha value is -3.35. The number of hydrogen-bond donors (Lipinski definition) is 1. The Morgan fingerprint density at radius 2 is 1.75 bits per heavy atom. The lowest BCUT2D eigenvalue weighted by Crippen LogP contribution is -2.13. The molecule has 1 amide bonds. The molecule has 4 nitrogen and oxygen atoms in total. The maximum atomic E-state index is 13.0. The van der Waals surface area contributed by atoms with E-state index in [2.05, 4.69) is 10.3 Å². The summed E-state index contributed by atoms with van der Waals surface area (Å²) < 4.78 is 13.0. The number of aromatic nitrogens is 1. The molecule has 1 aromatic heterocycles. The Balaban J connectivity index is 1.40. The van der Waals surface area contributed by atoms with Crippen LogP contribution in [0.1, 0.15) is 23.2 Å². The molecule has 0 bridgehead atoms. The summed E-state index contributed by atoms with van der Waals surface area (Å²) in [5.41, 5.74) is 3.53. The van der Waals surface area contributed by atoms with Crippen LogP contribution in [0.25, 0.3) is 21.8 Å². The molecular formula is C25H18ClFN2O2S. The van der Waals surface area contributed by atoms with Crippen molar-refractivity contribution in [3.05, 3.63) is 94.6 Å². The highest BCUT2D eigenvalue weighted by molar-refractivity contribution is 7.13. The van der Waals surface area contributed by atoms with Gasteiger partial charge in [0, 0.05) is 40.6 Å². The van der Waals surface area contributed by atoms with Crippen molar-refractivity contribution in [2.45, 2.75) is 12.8 Å². The molecule has 0 fully saturated rings. The SMILES string of the molecule is O=C(CCC(=O)c1ccc(F)cc1)Nc1cccc(-c2csc(-c3ccccc3Cl)n2)c1. The zero-order valence-electron chi connectivity index (χ0n) is 16.8. The molecule has 160 valence electrons. The molecule has 4 rings (SSSR count).